The van der Waals surface area contributed by atoms with Gasteiger partial charge in [-0.15, -0.1) is 0 Å². The molecule has 1 N–H and O–H groups in total. The van der Waals surface area contributed by atoms with E-state index in [1.165, 1.54) is 6.20 Å². The molecule has 0 bridgehead atoms. The monoisotopic (exact) mass is 510 g/mol. The summed E-state index contributed by atoms with van der Waals surface area (Å²) >= 11 is 6.37. The topological polar surface area (TPSA) is 94.4 Å². The molecule has 9 nitrogen and oxygen atoms in total. The van der Waals surface area contributed by atoms with Crippen LogP contribution in [0.25, 0.3) is 11.3 Å². The minimum absolute atomic E-state index is 0.0596. The standard InChI is InChI=1S/C26H31ClN6O3/c1-15(18-10-23(35-4)28-11-19(18)27)24(34)33-13-21(26(14-33)8-9-26)31-22-7-6-17(16(2)29-22)20-12-32(3)25(30-20)36-5/h6-7,10-12,15,21H,8-9,13-14H2,1-5H3,(H,29,31)/t15-,21-/m1/s1. The van der Waals surface area contributed by atoms with Crippen molar-refractivity contribution in [3.63, 3.8) is 0 Å². The highest BCUT2D eigenvalue weighted by Crippen LogP contribution is 2.54. The first-order valence-corrected chi connectivity index (χ1v) is 12.4. The molecule has 1 saturated heterocycles. The number of rotatable bonds is 7. The number of aromatic nitrogens is 4. The Morgan fingerprint density at radius 2 is 2.03 bits per heavy atom. The van der Waals surface area contributed by atoms with E-state index in [4.69, 9.17) is 26.1 Å². The van der Waals surface area contributed by atoms with Gasteiger partial charge in [-0.2, -0.15) is 4.98 Å². The van der Waals surface area contributed by atoms with Gasteiger partial charge in [-0.3, -0.25) is 4.79 Å². The summed E-state index contributed by atoms with van der Waals surface area (Å²) in [6.45, 7) is 5.23. The van der Waals surface area contributed by atoms with Crippen molar-refractivity contribution in [1.29, 1.82) is 0 Å². The minimum Gasteiger partial charge on any atom is -0.481 e. The quantitative estimate of drug-likeness (QED) is 0.512. The Morgan fingerprint density at radius 3 is 2.67 bits per heavy atom. The number of amides is 1. The molecule has 10 heteroatoms. The normalized spacial score (nSPS) is 18.8. The third kappa shape index (κ3) is 4.36. The van der Waals surface area contributed by atoms with Crippen LogP contribution in [-0.4, -0.2) is 63.7 Å². The average Bonchev–Trinajstić information content (AvgIpc) is 3.43. The highest BCUT2D eigenvalue weighted by atomic mass is 35.5. The summed E-state index contributed by atoms with van der Waals surface area (Å²) < 4.78 is 12.4. The van der Waals surface area contributed by atoms with Crippen molar-refractivity contribution in [2.45, 2.75) is 38.6 Å². The summed E-state index contributed by atoms with van der Waals surface area (Å²) in [6.07, 6.45) is 5.66. The summed E-state index contributed by atoms with van der Waals surface area (Å²) in [6, 6.07) is 6.46. The molecule has 2 aliphatic rings. The number of imidazole rings is 1. The van der Waals surface area contributed by atoms with E-state index in [2.05, 4.69) is 15.3 Å². The summed E-state index contributed by atoms with van der Waals surface area (Å²) in [5.74, 6) is 0.922. The third-order valence-corrected chi connectivity index (χ3v) is 7.77. The van der Waals surface area contributed by atoms with Gasteiger partial charge in [-0.25, -0.2) is 9.97 Å². The van der Waals surface area contributed by atoms with Crippen molar-refractivity contribution < 1.29 is 14.3 Å². The lowest BCUT2D eigenvalue weighted by molar-refractivity contribution is -0.131. The summed E-state index contributed by atoms with van der Waals surface area (Å²) in [5, 5.41) is 4.09. The second-order valence-electron chi connectivity index (χ2n) is 9.80. The van der Waals surface area contributed by atoms with Crippen molar-refractivity contribution in [3.05, 3.63) is 46.9 Å². The van der Waals surface area contributed by atoms with Crippen LogP contribution in [0.1, 0.15) is 36.9 Å². The second-order valence-corrected chi connectivity index (χ2v) is 10.2. The SMILES string of the molecule is COc1cc([C@@H](C)C(=O)N2C[C@@H](Nc3ccc(-c4cn(C)c(OC)n4)c(C)n3)C3(CC3)C2)c(Cl)cn1. The van der Waals surface area contributed by atoms with Crippen LogP contribution in [0.4, 0.5) is 5.82 Å². The van der Waals surface area contributed by atoms with Gasteiger partial charge >= 0.3 is 0 Å². The molecule has 0 aromatic carbocycles. The fraction of sp³-hybridized carbons (Fsp3) is 0.462. The first kappa shape index (κ1) is 24.4. The molecular formula is C26H31ClN6O3. The van der Waals surface area contributed by atoms with Crippen LogP contribution >= 0.6 is 11.6 Å². The number of ether oxygens (including phenoxy) is 2. The zero-order valence-corrected chi connectivity index (χ0v) is 22.0. The van der Waals surface area contributed by atoms with Crippen LogP contribution in [0.3, 0.4) is 0 Å². The number of carbonyl (C=O) groups is 1. The number of carbonyl (C=O) groups excluding carboxylic acids is 1. The Bertz CT molecular complexity index is 1300. The van der Waals surface area contributed by atoms with Gasteiger partial charge in [0, 0.05) is 55.3 Å². The molecule has 4 heterocycles. The van der Waals surface area contributed by atoms with Crippen molar-refractivity contribution in [3.8, 4) is 23.1 Å². The molecule has 190 valence electrons. The zero-order chi connectivity index (χ0) is 25.6. The van der Waals surface area contributed by atoms with Gasteiger partial charge in [0.1, 0.15) is 5.82 Å². The number of likely N-dealkylation sites (tertiary alicyclic amines) is 1. The lowest BCUT2D eigenvalue weighted by Crippen LogP contribution is -2.34. The lowest BCUT2D eigenvalue weighted by Gasteiger charge is -2.22. The molecule has 2 atom stereocenters. The maximum absolute atomic E-state index is 13.5. The number of hydrogen-bond acceptors (Lipinski definition) is 7. The first-order chi connectivity index (χ1) is 17.2. The maximum Gasteiger partial charge on any atom is 0.296 e. The van der Waals surface area contributed by atoms with E-state index in [0.717, 1.165) is 47.7 Å². The number of aryl methyl sites for hydroxylation is 2. The molecule has 3 aromatic heterocycles. The predicted molar refractivity (Wildman–Crippen MR) is 138 cm³/mol. The summed E-state index contributed by atoms with van der Waals surface area (Å²) in [5.41, 5.74) is 3.49. The van der Waals surface area contributed by atoms with Gasteiger partial charge in [0.25, 0.3) is 6.01 Å². The Hall–Kier alpha value is -3.33. The molecule has 2 fully saturated rings. The molecule has 36 heavy (non-hydrogen) atoms. The number of halogens is 1. The number of anilines is 1. The Balaban J connectivity index is 1.31. The Labute approximate surface area is 215 Å². The molecule has 0 unspecified atom stereocenters. The van der Waals surface area contributed by atoms with Crippen LogP contribution < -0.4 is 14.8 Å². The molecule has 1 aliphatic carbocycles. The van der Waals surface area contributed by atoms with Gasteiger partial charge in [-0.05, 0) is 44.4 Å². The van der Waals surface area contributed by atoms with Gasteiger partial charge in [0.2, 0.25) is 11.8 Å². The van der Waals surface area contributed by atoms with E-state index in [-0.39, 0.29) is 23.3 Å². The van der Waals surface area contributed by atoms with Crippen molar-refractivity contribution >= 4 is 23.3 Å². The third-order valence-electron chi connectivity index (χ3n) is 7.46. The second kappa shape index (κ2) is 9.28. The molecule has 1 spiro atoms. The van der Waals surface area contributed by atoms with E-state index < -0.39 is 0 Å². The predicted octanol–water partition coefficient (Wildman–Crippen LogP) is 4.06. The fourth-order valence-corrected chi connectivity index (χ4v) is 5.41. The van der Waals surface area contributed by atoms with E-state index in [0.29, 0.717) is 23.5 Å². The largest absolute Gasteiger partial charge is 0.481 e. The molecule has 3 aromatic rings. The number of nitrogens with zero attached hydrogens (tertiary/aromatic N) is 5. The van der Waals surface area contributed by atoms with Crippen LogP contribution in [0.2, 0.25) is 5.02 Å². The molecule has 1 aliphatic heterocycles. The fourth-order valence-electron chi connectivity index (χ4n) is 5.15. The van der Waals surface area contributed by atoms with Gasteiger partial charge in [0.15, 0.2) is 0 Å². The first-order valence-electron chi connectivity index (χ1n) is 12.0. The van der Waals surface area contributed by atoms with E-state index in [1.807, 2.05) is 48.7 Å². The average molecular weight is 511 g/mol. The maximum atomic E-state index is 13.5. The smallest absolute Gasteiger partial charge is 0.296 e. The van der Waals surface area contributed by atoms with E-state index in [1.54, 1.807) is 20.3 Å². The molecule has 0 radical (unpaired) electrons. The van der Waals surface area contributed by atoms with Gasteiger partial charge in [-0.1, -0.05) is 11.6 Å². The van der Waals surface area contributed by atoms with Crippen molar-refractivity contribution in [2.75, 3.05) is 32.6 Å². The van der Waals surface area contributed by atoms with Crippen molar-refractivity contribution in [1.82, 2.24) is 24.4 Å². The highest BCUT2D eigenvalue weighted by Gasteiger charge is 2.56. The van der Waals surface area contributed by atoms with Gasteiger partial charge in [0.05, 0.1) is 36.9 Å². The minimum atomic E-state index is -0.390. The molecule has 1 saturated carbocycles. The summed E-state index contributed by atoms with van der Waals surface area (Å²) in [7, 11) is 5.06. The number of nitrogens with one attached hydrogen (secondary N) is 1. The van der Waals surface area contributed by atoms with Crippen molar-refractivity contribution in [2.24, 2.45) is 12.5 Å². The van der Waals surface area contributed by atoms with Gasteiger partial charge < -0.3 is 24.3 Å². The molecular weight excluding hydrogens is 480 g/mol. The Kier molecular flexibility index (Phi) is 6.28. The van der Waals surface area contributed by atoms with Crippen LogP contribution in [0.15, 0.2) is 30.6 Å². The van der Waals surface area contributed by atoms with Crippen LogP contribution in [0.5, 0.6) is 11.9 Å². The molecule has 5 rings (SSSR count). The van der Waals surface area contributed by atoms with E-state index in [9.17, 15) is 4.79 Å². The number of pyridine rings is 2. The number of methoxy groups -OCH3 is 2. The Morgan fingerprint density at radius 1 is 1.25 bits per heavy atom. The zero-order valence-electron chi connectivity index (χ0n) is 21.2. The van der Waals surface area contributed by atoms with Crippen LogP contribution in [0, 0.1) is 12.3 Å². The molecule has 1 amide bonds. The summed E-state index contributed by atoms with van der Waals surface area (Å²) in [4.78, 5) is 28.9. The highest BCUT2D eigenvalue weighted by molar-refractivity contribution is 6.31. The number of hydrogen-bond donors (Lipinski definition) is 1. The lowest BCUT2D eigenvalue weighted by atomic mass is 10.0. The van der Waals surface area contributed by atoms with Crippen LogP contribution in [-0.2, 0) is 11.8 Å². The van der Waals surface area contributed by atoms with E-state index >= 15 is 0 Å².